The smallest absolute Gasteiger partial charge is 0.244 e. The third-order valence-electron chi connectivity index (χ3n) is 4.93. The highest BCUT2D eigenvalue weighted by molar-refractivity contribution is 5.99. The monoisotopic (exact) mass is 408 g/mol. The van der Waals surface area contributed by atoms with Gasteiger partial charge in [-0.3, -0.25) is 9.78 Å². The first-order valence-corrected chi connectivity index (χ1v) is 9.17. The molecule has 4 rings (SSSR count). The standard InChI is InChI=1S/C21H20N6O.ClH/c22-10-16-3-5-17(6-4-16)14-26-15-24-12-19(26)13-25-20-7-9-27(21(20)28)18-2-1-8-23-11-18;/h1-6,8,11-12,15,20,25H,7,9,13-14H2;1H/t20-;/m0./s1. The van der Waals surface area contributed by atoms with Crippen molar-refractivity contribution in [2.24, 2.45) is 0 Å². The number of rotatable bonds is 6. The largest absolute Gasteiger partial charge is 0.329 e. The zero-order valence-electron chi connectivity index (χ0n) is 15.7. The van der Waals surface area contributed by atoms with E-state index < -0.39 is 0 Å². The number of pyridine rings is 1. The van der Waals surface area contributed by atoms with Gasteiger partial charge in [0.15, 0.2) is 0 Å². The molecule has 0 aliphatic carbocycles. The van der Waals surface area contributed by atoms with Gasteiger partial charge in [-0.25, -0.2) is 4.98 Å². The molecule has 2 aromatic heterocycles. The molecule has 8 heteroatoms. The van der Waals surface area contributed by atoms with Crippen LogP contribution in [0.2, 0.25) is 0 Å². The van der Waals surface area contributed by atoms with Gasteiger partial charge in [-0.2, -0.15) is 5.26 Å². The number of amides is 1. The number of imidazole rings is 1. The van der Waals surface area contributed by atoms with Gasteiger partial charge < -0.3 is 14.8 Å². The molecule has 1 atom stereocenters. The summed E-state index contributed by atoms with van der Waals surface area (Å²) in [5, 5.41) is 12.3. The number of halogens is 1. The predicted molar refractivity (Wildman–Crippen MR) is 112 cm³/mol. The fourth-order valence-corrected chi connectivity index (χ4v) is 3.39. The third-order valence-corrected chi connectivity index (χ3v) is 4.93. The third kappa shape index (κ3) is 4.62. The highest BCUT2D eigenvalue weighted by Crippen LogP contribution is 2.20. The number of benzene rings is 1. The lowest BCUT2D eigenvalue weighted by molar-refractivity contribution is -0.118. The summed E-state index contributed by atoms with van der Waals surface area (Å²) < 4.78 is 2.05. The number of hydrogen-bond donors (Lipinski definition) is 1. The summed E-state index contributed by atoms with van der Waals surface area (Å²) in [5.74, 6) is 0.0751. The van der Waals surface area contributed by atoms with Crippen molar-refractivity contribution < 1.29 is 4.79 Å². The number of carbonyl (C=O) groups is 1. The zero-order valence-corrected chi connectivity index (χ0v) is 16.5. The number of hydrogen-bond acceptors (Lipinski definition) is 5. The molecule has 7 nitrogen and oxygen atoms in total. The van der Waals surface area contributed by atoms with Gasteiger partial charge in [0.2, 0.25) is 5.91 Å². The van der Waals surface area contributed by atoms with Crippen LogP contribution in [0.4, 0.5) is 5.69 Å². The summed E-state index contributed by atoms with van der Waals surface area (Å²) in [6.45, 7) is 1.92. The van der Waals surface area contributed by atoms with Crippen LogP contribution in [0.1, 0.15) is 23.2 Å². The molecule has 1 amide bonds. The van der Waals surface area contributed by atoms with Crippen LogP contribution in [0.25, 0.3) is 0 Å². The lowest BCUT2D eigenvalue weighted by atomic mass is 10.1. The minimum atomic E-state index is -0.210. The number of nitrogens with zero attached hydrogens (tertiary/aromatic N) is 5. The first kappa shape index (κ1) is 20.5. The Hall–Kier alpha value is -3.21. The molecule has 1 saturated heterocycles. The van der Waals surface area contributed by atoms with Gasteiger partial charge in [-0.1, -0.05) is 12.1 Å². The Balaban J connectivity index is 0.00000240. The molecule has 0 bridgehead atoms. The van der Waals surface area contributed by atoms with Crippen LogP contribution in [-0.4, -0.2) is 33.0 Å². The molecule has 3 heterocycles. The van der Waals surface area contributed by atoms with Gasteiger partial charge in [-0.15, -0.1) is 12.4 Å². The zero-order chi connectivity index (χ0) is 19.3. The molecule has 1 aromatic carbocycles. The van der Waals surface area contributed by atoms with Crippen LogP contribution in [0.3, 0.4) is 0 Å². The normalized spacial score (nSPS) is 15.8. The molecular weight excluding hydrogens is 388 g/mol. The van der Waals surface area contributed by atoms with Gasteiger partial charge >= 0.3 is 0 Å². The van der Waals surface area contributed by atoms with Gasteiger partial charge in [0, 0.05) is 32.0 Å². The maximum atomic E-state index is 12.7. The Bertz CT molecular complexity index is 996. The molecular formula is C21H21ClN6O. The molecule has 29 heavy (non-hydrogen) atoms. The number of nitriles is 1. The fourth-order valence-electron chi connectivity index (χ4n) is 3.39. The molecule has 1 fully saturated rings. The maximum Gasteiger partial charge on any atom is 0.244 e. The van der Waals surface area contributed by atoms with Crippen LogP contribution in [0, 0.1) is 11.3 Å². The van der Waals surface area contributed by atoms with E-state index in [2.05, 4.69) is 21.4 Å². The summed E-state index contributed by atoms with van der Waals surface area (Å²) in [7, 11) is 0. The number of carbonyl (C=O) groups excluding carboxylic acids is 1. The Morgan fingerprint density at radius 1 is 1.17 bits per heavy atom. The van der Waals surface area contributed by atoms with Crippen molar-refractivity contribution in [2.45, 2.75) is 25.6 Å². The van der Waals surface area contributed by atoms with Crippen molar-refractivity contribution in [1.82, 2.24) is 19.9 Å². The minimum Gasteiger partial charge on any atom is -0.329 e. The van der Waals surface area contributed by atoms with E-state index in [9.17, 15) is 4.79 Å². The second-order valence-corrected chi connectivity index (χ2v) is 6.74. The molecule has 0 spiro atoms. The van der Waals surface area contributed by atoms with Gasteiger partial charge in [0.05, 0.1) is 41.6 Å². The Morgan fingerprint density at radius 2 is 2.00 bits per heavy atom. The molecule has 0 radical (unpaired) electrons. The van der Waals surface area contributed by atoms with Crippen LogP contribution in [0.15, 0.2) is 61.3 Å². The average molecular weight is 409 g/mol. The molecule has 0 saturated carbocycles. The van der Waals surface area contributed by atoms with Crippen molar-refractivity contribution in [3.05, 3.63) is 78.1 Å². The van der Waals surface area contributed by atoms with Crippen molar-refractivity contribution in [3.8, 4) is 6.07 Å². The quantitative estimate of drug-likeness (QED) is 0.677. The first-order chi connectivity index (χ1) is 13.7. The maximum absolute atomic E-state index is 12.7. The highest BCUT2D eigenvalue weighted by Gasteiger charge is 2.32. The number of anilines is 1. The SMILES string of the molecule is Cl.N#Cc1ccc(Cn2cncc2CN[C@H]2CCN(c3cccnc3)C2=O)cc1. The second kappa shape index (κ2) is 9.32. The molecule has 148 valence electrons. The molecule has 1 aliphatic heterocycles. The predicted octanol–water partition coefficient (Wildman–Crippen LogP) is 2.51. The first-order valence-electron chi connectivity index (χ1n) is 9.17. The van der Waals surface area contributed by atoms with Crippen LogP contribution < -0.4 is 10.2 Å². The summed E-state index contributed by atoms with van der Waals surface area (Å²) >= 11 is 0. The van der Waals surface area contributed by atoms with Crippen LogP contribution >= 0.6 is 12.4 Å². The fraction of sp³-hybridized carbons (Fsp3) is 0.238. The van der Waals surface area contributed by atoms with Gasteiger partial charge in [-0.05, 0) is 36.2 Å². The van der Waals surface area contributed by atoms with Crippen LogP contribution in [0.5, 0.6) is 0 Å². The average Bonchev–Trinajstić information content (AvgIpc) is 3.33. The number of nitrogens with one attached hydrogen (secondary N) is 1. The van der Waals surface area contributed by atoms with Crippen molar-refractivity contribution in [3.63, 3.8) is 0 Å². The minimum absolute atomic E-state index is 0. The molecule has 1 N–H and O–H groups in total. The second-order valence-electron chi connectivity index (χ2n) is 6.74. The van der Waals surface area contributed by atoms with E-state index in [-0.39, 0.29) is 24.4 Å². The van der Waals surface area contributed by atoms with Crippen molar-refractivity contribution >= 4 is 24.0 Å². The van der Waals surface area contributed by atoms with Gasteiger partial charge in [0.25, 0.3) is 0 Å². The van der Waals surface area contributed by atoms with E-state index in [1.807, 2.05) is 47.2 Å². The van der Waals surface area contributed by atoms with E-state index in [4.69, 9.17) is 5.26 Å². The summed E-state index contributed by atoms with van der Waals surface area (Å²) in [6.07, 6.45) is 7.78. The van der Waals surface area contributed by atoms with E-state index in [1.165, 1.54) is 0 Å². The summed E-state index contributed by atoms with van der Waals surface area (Å²) in [5.41, 5.74) is 3.59. The van der Waals surface area contributed by atoms with Crippen LogP contribution in [-0.2, 0) is 17.9 Å². The lowest BCUT2D eigenvalue weighted by Gasteiger charge is -2.17. The molecule has 3 aromatic rings. The summed E-state index contributed by atoms with van der Waals surface area (Å²) in [4.78, 5) is 22.8. The van der Waals surface area contributed by atoms with E-state index in [0.717, 1.165) is 23.4 Å². The number of aromatic nitrogens is 3. The van der Waals surface area contributed by atoms with Crippen molar-refractivity contribution in [1.29, 1.82) is 5.26 Å². The highest BCUT2D eigenvalue weighted by atomic mass is 35.5. The van der Waals surface area contributed by atoms with Crippen molar-refractivity contribution in [2.75, 3.05) is 11.4 Å². The molecule has 0 unspecified atom stereocenters. The van der Waals surface area contributed by atoms with E-state index in [0.29, 0.717) is 25.2 Å². The topological polar surface area (TPSA) is 86.8 Å². The Labute approximate surface area is 175 Å². The molecule has 1 aliphatic rings. The van der Waals surface area contributed by atoms with E-state index in [1.54, 1.807) is 23.6 Å². The summed E-state index contributed by atoms with van der Waals surface area (Å²) in [6, 6.07) is 13.2. The Morgan fingerprint density at radius 3 is 2.72 bits per heavy atom. The van der Waals surface area contributed by atoms with E-state index >= 15 is 0 Å². The Kier molecular flexibility index (Phi) is 6.60. The lowest BCUT2D eigenvalue weighted by Crippen LogP contribution is -2.38. The van der Waals surface area contributed by atoms with Gasteiger partial charge in [0.1, 0.15) is 0 Å².